The van der Waals surface area contributed by atoms with Gasteiger partial charge < -0.3 is 5.32 Å². The Labute approximate surface area is 188 Å². The predicted molar refractivity (Wildman–Crippen MR) is 128 cm³/mol. The standard InChI is InChI=1S/C26H23ClFN.ClH/c27-23-6-3-4-19(17-23)12-14-29-15-13-20-16-22-5-1-2-7-25(22)26(18-20)21-8-10-24(28)11-9-21;/h1-11,16-18,29H,12-15H2;1H. The van der Waals surface area contributed by atoms with Gasteiger partial charge in [0.1, 0.15) is 5.82 Å². The van der Waals surface area contributed by atoms with Crippen molar-refractivity contribution >= 4 is 34.8 Å². The van der Waals surface area contributed by atoms with Crippen LogP contribution in [0.5, 0.6) is 0 Å². The zero-order chi connectivity index (χ0) is 20.1. The highest BCUT2D eigenvalue weighted by molar-refractivity contribution is 6.30. The van der Waals surface area contributed by atoms with Crippen molar-refractivity contribution in [3.63, 3.8) is 0 Å². The number of hydrogen-bond acceptors (Lipinski definition) is 1. The third-order valence-electron chi connectivity index (χ3n) is 5.15. The van der Waals surface area contributed by atoms with Crippen LogP contribution in [0, 0.1) is 5.82 Å². The van der Waals surface area contributed by atoms with Gasteiger partial charge in [0.15, 0.2) is 0 Å². The van der Waals surface area contributed by atoms with Gasteiger partial charge in [0.25, 0.3) is 0 Å². The van der Waals surface area contributed by atoms with Gasteiger partial charge in [-0.1, -0.05) is 72.3 Å². The molecule has 154 valence electrons. The molecule has 0 saturated carbocycles. The molecule has 1 N–H and O–H groups in total. The molecule has 30 heavy (non-hydrogen) atoms. The molecule has 0 radical (unpaired) electrons. The van der Waals surface area contributed by atoms with Gasteiger partial charge in [-0.15, -0.1) is 12.4 Å². The number of halogens is 3. The molecular formula is C26H24Cl2FN. The van der Waals surface area contributed by atoms with Crippen LogP contribution in [0.15, 0.2) is 84.9 Å². The van der Waals surface area contributed by atoms with Crippen LogP contribution in [0.1, 0.15) is 11.1 Å². The zero-order valence-corrected chi connectivity index (χ0v) is 18.1. The van der Waals surface area contributed by atoms with E-state index in [2.05, 4.69) is 41.7 Å². The number of fused-ring (bicyclic) bond motifs is 1. The lowest BCUT2D eigenvalue weighted by Gasteiger charge is -2.12. The van der Waals surface area contributed by atoms with E-state index in [1.165, 1.54) is 34.0 Å². The molecule has 4 aromatic rings. The molecule has 0 bridgehead atoms. The fourth-order valence-electron chi connectivity index (χ4n) is 3.67. The van der Waals surface area contributed by atoms with Gasteiger partial charge in [0.05, 0.1) is 0 Å². The summed E-state index contributed by atoms with van der Waals surface area (Å²) in [6, 6.07) is 27.6. The molecule has 4 aromatic carbocycles. The lowest BCUT2D eigenvalue weighted by atomic mass is 9.94. The molecule has 0 aliphatic rings. The molecule has 0 spiro atoms. The Balaban J connectivity index is 0.00000256. The minimum atomic E-state index is -0.210. The SMILES string of the molecule is Cl.Fc1ccc(-c2cc(CCNCCc3cccc(Cl)c3)cc3ccccc23)cc1. The third-order valence-corrected chi connectivity index (χ3v) is 5.38. The van der Waals surface area contributed by atoms with Crippen molar-refractivity contribution in [3.05, 3.63) is 107 Å². The monoisotopic (exact) mass is 439 g/mol. The summed E-state index contributed by atoms with van der Waals surface area (Å²) < 4.78 is 13.4. The topological polar surface area (TPSA) is 12.0 Å². The summed E-state index contributed by atoms with van der Waals surface area (Å²) >= 11 is 6.05. The minimum Gasteiger partial charge on any atom is -0.316 e. The largest absolute Gasteiger partial charge is 0.316 e. The van der Waals surface area contributed by atoms with E-state index in [9.17, 15) is 4.39 Å². The Hall–Kier alpha value is -2.39. The van der Waals surface area contributed by atoms with E-state index in [1.807, 2.05) is 36.4 Å². The lowest BCUT2D eigenvalue weighted by Crippen LogP contribution is -2.20. The van der Waals surface area contributed by atoms with Crippen molar-refractivity contribution in [2.24, 2.45) is 0 Å². The fraction of sp³-hybridized carbons (Fsp3) is 0.154. The van der Waals surface area contributed by atoms with Crippen molar-refractivity contribution in [2.45, 2.75) is 12.8 Å². The van der Waals surface area contributed by atoms with E-state index >= 15 is 0 Å². The molecule has 1 nitrogen and oxygen atoms in total. The lowest BCUT2D eigenvalue weighted by molar-refractivity contribution is 0.628. The molecule has 0 heterocycles. The summed E-state index contributed by atoms with van der Waals surface area (Å²) in [5, 5.41) is 6.71. The van der Waals surface area contributed by atoms with Crippen molar-refractivity contribution in [3.8, 4) is 11.1 Å². The molecule has 0 amide bonds. The number of hydrogen-bond donors (Lipinski definition) is 1. The van der Waals surface area contributed by atoms with Crippen LogP contribution in [0.2, 0.25) is 5.02 Å². The second-order valence-electron chi connectivity index (χ2n) is 7.25. The average Bonchev–Trinajstić information content (AvgIpc) is 2.74. The molecule has 0 saturated heterocycles. The summed E-state index contributed by atoms with van der Waals surface area (Å²) in [4.78, 5) is 0. The van der Waals surface area contributed by atoms with Crippen molar-refractivity contribution in [1.29, 1.82) is 0 Å². The maximum Gasteiger partial charge on any atom is 0.123 e. The number of nitrogens with one attached hydrogen (secondary N) is 1. The minimum absolute atomic E-state index is 0. The second-order valence-corrected chi connectivity index (χ2v) is 7.69. The first-order valence-electron chi connectivity index (χ1n) is 9.92. The van der Waals surface area contributed by atoms with Gasteiger partial charge >= 0.3 is 0 Å². The summed E-state index contributed by atoms with van der Waals surface area (Å²) in [5.74, 6) is -0.210. The highest BCUT2D eigenvalue weighted by atomic mass is 35.5. The first-order valence-corrected chi connectivity index (χ1v) is 10.3. The Bertz CT molecular complexity index is 1110. The maximum atomic E-state index is 13.4. The molecule has 4 heteroatoms. The van der Waals surface area contributed by atoms with E-state index in [-0.39, 0.29) is 18.2 Å². The van der Waals surface area contributed by atoms with Gasteiger partial charge in [-0.2, -0.15) is 0 Å². The summed E-state index contributed by atoms with van der Waals surface area (Å²) in [6.45, 7) is 1.82. The highest BCUT2D eigenvalue weighted by Gasteiger charge is 2.07. The molecule has 0 fully saturated rings. The first-order chi connectivity index (χ1) is 14.2. The molecule has 0 aliphatic heterocycles. The summed E-state index contributed by atoms with van der Waals surface area (Å²) in [6.07, 6.45) is 1.90. The Morgan fingerprint density at radius 2 is 1.47 bits per heavy atom. The normalized spacial score (nSPS) is 10.7. The molecule has 0 unspecified atom stereocenters. The zero-order valence-electron chi connectivity index (χ0n) is 16.6. The van der Waals surface area contributed by atoms with Crippen LogP contribution < -0.4 is 5.32 Å². The van der Waals surface area contributed by atoms with Crippen LogP contribution in [0.3, 0.4) is 0 Å². The Morgan fingerprint density at radius 1 is 0.733 bits per heavy atom. The van der Waals surface area contributed by atoms with Crippen molar-refractivity contribution in [1.82, 2.24) is 5.32 Å². The van der Waals surface area contributed by atoms with Gasteiger partial charge in [-0.3, -0.25) is 0 Å². The van der Waals surface area contributed by atoms with Crippen molar-refractivity contribution < 1.29 is 4.39 Å². The fourth-order valence-corrected chi connectivity index (χ4v) is 3.88. The Morgan fingerprint density at radius 3 is 2.23 bits per heavy atom. The Kier molecular flexibility index (Phi) is 7.87. The predicted octanol–water partition coefficient (Wildman–Crippen LogP) is 7.10. The van der Waals surface area contributed by atoms with E-state index in [1.54, 1.807) is 0 Å². The summed E-state index contributed by atoms with van der Waals surface area (Å²) in [7, 11) is 0. The van der Waals surface area contributed by atoms with Crippen LogP contribution in [-0.2, 0) is 12.8 Å². The highest BCUT2D eigenvalue weighted by Crippen LogP contribution is 2.30. The third kappa shape index (κ3) is 5.60. The van der Waals surface area contributed by atoms with Gasteiger partial charge in [-0.05, 0) is 83.2 Å². The van der Waals surface area contributed by atoms with E-state index in [0.717, 1.165) is 42.1 Å². The molecule has 4 rings (SSSR count). The van der Waals surface area contributed by atoms with E-state index < -0.39 is 0 Å². The number of rotatable bonds is 7. The number of benzene rings is 4. The van der Waals surface area contributed by atoms with Crippen LogP contribution >= 0.6 is 24.0 Å². The van der Waals surface area contributed by atoms with Crippen LogP contribution in [-0.4, -0.2) is 13.1 Å². The maximum absolute atomic E-state index is 13.4. The molecule has 0 aliphatic carbocycles. The smallest absolute Gasteiger partial charge is 0.123 e. The van der Waals surface area contributed by atoms with Gasteiger partial charge in [0, 0.05) is 5.02 Å². The average molecular weight is 440 g/mol. The van der Waals surface area contributed by atoms with E-state index in [4.69, 9.17) is 11.6 Å². The first kappa shape index (κ1) is 22.3. The van der Waals surface area contributed by atoms with Crippen molar-refractivity contribution in [2.75, 3.05) is 13.1 Å². The molecule has 0 aromatic heterocycles. The molecule has 0 atom stereocenters. The van der Waals surface area contributed by atoms with E-state index in [0.29, 0.717) is 0 Å². The van der Waals surface area contributed by atoms with Crippen LogP contribution in [0.4, 0.5) is 4.39 Å². The van der Waals surface area contributed by atoms with Crippen LogP contribution in [0.25, 0.3) is 21.9 Å². The second kappa shape index (κ2) is 10.6. The van der Waals surface area contributed by atoms with Gasteiger partial charge in [-0.25, -0.2) is 4.39 Å². The molecular weight excluding hydrogens is 416 g/mol. The summed E-state index contributed by atoms with van der Waals surface area (Å²) in [5.41, 5.74) is 4.71. The quantitative estimate of drug-likeness (QED) is 0.303. The van der Waals surface area contributed by atoms with Gasteiger partial charge in [0.2, 0.25) is 0 Å².